The Hall–Kier alpha value is -1.52. The van der Waals surface area contributed by atoms with Crippen LogP contribution in [0.15, 0.2) is 0 Å². The third kappa shape index (κ3) is 3.24. The molecule has 1 unspecified atom stereocenters. The van der Waals surface area contributed by atoms with Crippen LogP contribution in [0.5, 0.6) is 0 Å². The van der Waals surface area contributed by atoms with Crippen molar-refractivity contribution < 1.29 is 9.53 Å². The van der Waals surface area contributed by atoms with Gasteiger partial charge in [0, 0.05) is 7.05 Å². The normalized spacial score (nSPS) is 12.8. The monoisotopic (exact) mass is 253 g/mol. The number of rotatable bonds is 5. The van der Waals surface area contributed by atoms with E-state index in [-0.39, 0.29) is 6.10 Å². The topological polar surface area (TPSA) is 70.1 Å². The largest absolute Gasteiger partial charge is 0.458 e. The molecule has 0 aliphatic rings. The van der Waals surface area contributed by atoms with E-state index in [1.165, 1.54) is 4.68 Å². The Balaban J connectivity index is 2.81. The van der Waals surface area contributed by atoms with E-state index in [4.69, 9.17) is 10.5 Å². The van der Waals surface area contributed by atoms with Crippen molar-refractivity contribution in [1.82, 2.24) is 9.78 Å². The van der Waals surface area contributed by atoms with Gasteiger partial charge in [-0.2, -0.15) is 5.10 Å². The van der Waals surface area contributed by atoms with Crippen LogP contribution >= 0.6 is 0 Å². The zero-order valence-corrected chi connectivity index (χ0v) is 11.9. The summed E-state index contributed by atoms with van der Waals surface area (Å²) in [4.78, 5) is 12.0. The lowest BCUT2D eigenvalue weighted by Gasteiger charge is -2.15. The Morgan fingerprint density at radius 2 is 2.06 bits per heavy atom. The van der Waals surface area contributed by atoms with Crippen molar-refractivity contribution in [1.29, 1.82) is 0 Å². The zero-order chi connectivity index (χ0) is 13.9. The summed E-state index contributed by atoms with van der Waals surface area (Å²) in [6.07, 6.45) is 1.43. The van der Waals surface area contributed by atoms with Crippen LogP contribution in [-0.4, -0.2) is 21.9 Å². The number of anilines is 1. The Labute approximate surface area is 108 Å². The van der Waals surface area contributed by atoms with Crippen molar-refractivity contribution in [3.8, 4) is 0 Å². The molecular weight excluding hydrogens is 230 g/mol. The van der Waals surface area contributed by atoms with E-state index in [2.05, 4.69) is 18.9 Å². The highest BCUT2D eigenvalue weighted by Crippen LogP contribution is 2.19. The zero-order valence-electron chi connectivity index (χ0n) is 11.9. The number of carbonyl (C=O) groups is 1. The predicted octanol–water partition coefficient (Wildman–Crippen LogP) is 2.16. The van der Waals surface area contributed by atoms with Gasteiger partial charge in [-0.15, -0.1) is 0 Å². The number of hydrogen-bond acceptors (Lipinski definition) is 4. The third-order valence-corrected chi connectivity index (χ3v) is 2.80. The van der Waals surface area contributed by atoms with Crippen molar-refractivity contribution in [3.05, 3.63) is 11.4 Å². The SMILES string of the molecule is CCc1nn(C)c(C(=O)OC(C)CC(C)C)c1N. The molecule has 102 valence electrons. The van der Waals surface area contributed by atoms with E-state index in [1.54, 1.807) is 7.05 Å². The van der Waals surface area contributed by atoms with Crippen LogP contribution in [0.25, 0.3) is 0 Å². The summed E-state index contributed by atoms with van der Waals surface area (Å²) < 4.78 is 6.89. The fourth-order valence-electron chi connectivity index (χ4n) is 2.05. The number of nitrogens with zero attached hydrogens (tertiary/aromatic N) is 2. The van der Waals surface area contributed by atoms with Crippen molar-refractivity contribution in [2.45, 2.75) is 46.6 Å². The van der Waals surface area contributed by atoms with Gasteiger partial charge in [0.25, 0.3) is 0 Å². The van der Waals surface area contributed by atoms with Gasteiger partial charge in [0.1, 0.15) is 0 Å². The molecule has 1 heterocycles. The number of ether oxygens (including phenoxy) is 1. The van der Waals surface area contributed by atoms with Crippen molar-refractivity contribution in [2.75, 3.05) is 5.73 Å². The molecule has 5 nitrogen and oxygen atoms in total. The van der Waals surface area contributed by atoms with Gasteiger partial charge < -0.3 is 10.5 Å². The van der Waals surface area contributed by atoms with Crippen LogP contribution in [-0.2, 0) is 18.2 Å². The highest BCUT2D eigenvalue weighted by atomic mass is 16.5. The molecule has 0 aliphatic carbocycles. The molecule has 5 heteroatoms. The lowest BCUT2D eigenvalue weighted by atomic mass is 10.1. The molecule has 0 amide bonds. The van der Waals surface area contributed by atoms with E-state index in [9.17, 15) is 4.79 Å². The maximum absolute atomic E-state index is 12.0. The van der Waals surface area contributed by atoms with Gasteiger partial charge in [0.15, 0.2) is 5.69 Å². The van der Waals surface area contributed by atoms with Crippen LogP contribution in [0.2, 0.25) is 0 Å². The van der Waals surface area contributed by atoms with Gasteiger partial charge in [-0.25, -0.2) is 4.79 Å². The number of hydrogen-bond donors (Lipinski definition) is 1. The van der Waals surface area contributed by atoms with Crippen LogP contribution in [0, 0.1) is 5.92 Å². The molecule has 0 saturated carbocycles. The Bertz CT molecular complexity index is 424. The molecule has 0 spiro atoms. The van der Waals surface area contributed by atoms with Gasteiger partial charge in [0.2, 0.25) is 0 Å². The molecule has 0 fully saturated rings. The molecule has 0 aliphatic heterocycles. The van der Waals surface area contributed by atoms with E-state index >= 15 is 0 Å². The maximum Gasteiger partial charge on any atom is 0.359 e. The van der Waals surface area contributed by atoms with Gasteiger partial charge in [-0.1, -0.05) is 20.8 Å². The second-order valence-electron chi connectivity index (χ2n) is 5.03. The molecule has 1 aromatic rings. The number of aryl methyl sites for hydroxylation is 2. The summed E-state index contributed by atoms with van der Waals surface area (Å²) in [6.45, 7) is 8.04. The van der Waals surface area contributed by atoms with Crippen molar-refractivity contribution in [3.63, 3.8) is 0 Å². The minimum absolute atomic E-state index is 0.114. The number of nitrogens with two attached hydrogens (primary N) is 1. The predicted molar refractivity (Wildman–Crippen MR) is 71.3 cm³/mol. The fraction of sp³-hybridized carbons (Fsp3) is 0.692. The maximum atomic E-state index is 12.0. The van der Waals surface area contributed by atoms with Gasteiger partial charge >= 0.3 is 5.97 Å². The molecular formula is C13H23N3O2. The summed E-state index contributed by atoms with van der Waals surface area (Å²) in [6, 6.07) is 0. The van der Waals surface area contributed by atoms with Gasteiger partial charge in [-0.3, -0.25) is 4.68 Å². The molecule has 0 saturated heterocycles. The molecule has 2 N–H and O–H groups in total. The first-order valence-electron chi connectivity index (χ1n) is 6.39. The highest BCUT2D eigenvalue weighted by Gasteiger charge is 2.22. The minimum Gasteiger partial charge on any atom is -0.458 e. The molecule has 1 atom stereocenters. The van der Waals surface area contributed by atoms with E-state index in [1.807, 2.05) is 13.8 Å². The van der Waals surface area contributed by atoms with Crippen LogP contribution in [0.3, 0.4) is 0 Å². The smallest absolute Gasteiger partial charge is 0.359 e. The first-order valence-corrected chi connectivity index (χ1v) is 6.39. The van der Waals surface area contributed by atoms with Gasteiger partial charge in [0.05, 0.1) is 17.5 Å². The molecule has 1 aromatic heterocycles. The van der Waals surface area contributed by atoms with Crippen LogP contribution < -0.4 is 5.73 Å². The Kier molecular flexibility index (Phi) is 4.76. The number of carbonyl (C=O) groups excluding carboxylic acids is 1. The van der Waals surface area contributed by atoms with Crippen molar-refractivity contribution >= 4 is 11.7 Å². The first kappa shape index (κ1) is 14.5. The Morgan fingerprint density at radius 3 is 2.50 bits per heavy atom. The summed E-state index contributed by atoms with van der Waals surface area (Å²) in [5.41, 5.74) is 7.43. The lowest BCUT2D eigenvalue weighted by Crippen LogP contribution is -2.20. The summed E-state index contributed by atoms with van der Waals surface area (Å²) in [5, 5.41) is 4.21. The minimum atomic E-state index is -0.393. The number of nitrogen functional groups attached to an aromatic ring is 1. The average molecular weight is 253 g/mol. The second-order valence-corrected chi connectivity index (χ2v) is 5.03. The van der Waals surface area contributed by atoms with E-state index < -0.39 is 5.97 Å². The molecule has 0 aromatic carbocycles. The Morgan fingerprint density at radius 1 is 1.44 bits per heavy atom. The lowest BCUT2D eigenvalue weighted by molar-refractivity contribution is 0.0288. The second kappa shape index (κ2) is 5.89. The fourth-order valence-corrected chi connectivity index (χ4v) is 2.05. The summed E-state index contributed by atoms with van der Waals surface area (Å²) in [5.74, 6) is 0.0956. The third-order valence-electron chi connectivity index (χ3n) is 2.80. The summed E-state index contributed by atoms with van der Waals surface area (Å²) in [7, 11) is 1.71. The van der Waals surface area contributed by atoms with Crippen LogP contribution in [0.4, 0.5) is 5.69 Å². The number of aromatic nitrogens is 2. The first-order chi connectivity index (χ1) is 8.36. The highest BCUT2D eigenvalue weighted by molar-refractivity contribution is 5.93. The van der Waals surface area contributed by atoms with Gasteiger partial charge in [-0.05, 0) is 25.7 Å². The standard InChI is InChI=1S/C13H23N3O2/c1-6-10-11(14)12(16(5)15-10)13(17)18-9(4)7-8(2)3/h8-9H,6-7,14H2,1-5H3. The molecule has 0 radical (unpaired) electrons. The molecule has 1 rings (SSSR count). The average Bonchev–Trinajstić information content (AvgIpc) is 2.52. The van der Waals surface area contributed by atoms with Crippen molar-refractivity contribution in [2.24, 2.45) is 13.0 Å². The molecule has 18 heavy (non-hydrogen) atoms. The van der Waals surface area contributed by atoms with Crippen LogP contribution in [0.1, 0.15) is 50.3 Å². The van der Waals surface area contributed by atoms with E-state index in [0.29, 0.717) is 23.7 Å². The molecule has 0 bridgehead atoms. The number of esters is 1. The summed E-state index contributed by atoms with van der Waals surface area (Å²) >= 11 is 0. The quantitative estimate of drug-likeness (QED) is 0.816. The van der Waals surface area contributed by atoms with E-state index in [0.717, 1.165) is 12.1 Å².